The van der Waals surface area contributed by atoms with E-state index in [0.717, 1.165) is 4.90 Å². The molecule has 0 spiro atoms. The smallest absolute Gasteiger partial charge is 0.328 e. The Bertz CT molecular complexity index is 358. The van der Waals surface area contributed by atoms with Crippen LogP contribution in [0.25, 0.3) is 0 Å². The SMILES string of the molecule is O=C(O)C(CO)N(CC(O)C(O)C(O)C(O)CO)C(=S)S. The van der Waals surface area contributed by atoms with Crippen LogP contribution in [0.15, 0.2) is 0 Å². The van der Waals surface area contributed by atoms with Crippen molar-refractivity contribution in [2.24, 2.45) is 0 Å². The van der Waals surface area contributed by atoms with Crippen LogP contribution in [0.3, 0.4) is 0 Å². The minimum Gasteiger partial charge on any atom is -0.480 e. The van der Waals surface area contributed by atoms with Gasteiger partial charge in [0.2, 0.25) is 0 Å². The molecule has 0 aromatic heterocycles. The minimum absolute atomic E-state index is 0.250. The number of nitrogens with zero attached hydrogens (tertiary/aromatic N) is 1. The Kier molecular flexibility index (Phi) is 9.24. The van der Waals surface area contributed by atoms with Crippen LogP contribution in [-0.4, -0.2) is 101 Å². The highest BCUT2D eigenvalue weighted by molar-refractivity contribution is 8.10. The van der Waals surface area contributed by atoms with Crippen molar-refractivity contribution in [3.8, 4) is 0 Å². The third-order valence-electron chi connectivity index (χ3n) is 2.79. The minimum atomic E-state index is -1.87. The third-order valence-corrected chi connectivity index (χ3v) is 3.28. The first-order valence-corrected chi connectivity index (χ1v) is 6.69. The number of carbonyl (C=O) groups is 1. The Balaban J connectivity index is 4.93. The molecule has 124 valence electrons. The van der Waals surface area contributed by atoms with Gasteiger partial charge in [0.1, 0.15) is 28.7 Å². The number of aliphatic carboxylic acids is 1. The van der Waals surface area contributed by atoms with E-state index in [4.69, 9.17) is 27.5 Å². The second-order valence-electron chi connectivity index (χ2n) is 4.27. The summed E-state index contributed by atoms with van der Waals surface area (Å²) in [4.78, 5) is 11.8. The van der Waals surface area contributed by atoms with Gasteiger partial charge in [0.15, 0.2) is 6.04 Å². The number of carboxylic acids is 1. The van der Waals surface area contributed by atoms with Gasteiger partial charge in [0, 0.05) is 6.54 Å². The van der Waals surface area contributed by atoms with Crippen molar-refractivity contribution in [1.82, 2.24) is 4.90 Å². The van der Waals surface area contributed by atoms with E-state index in [1.165, 1.54) is 0 Å². The van der Waals surface area contributed by atoms with Gasteiger partial charge >= 0.3 is 5.97 Å². The van der Waals surface area contributed by atoms with Crippen LogP contribution < -0.4 is 0 Å². The summed E-state index contributed by atoms with van der Waals surface area (Å²) in [6.07, 6.45) is -7.11. The van der Waals surface area contributed by atoms with Crippen molar-refractivity contribution >= 4 is 35.1 Å². The summed E-state index contributed by atoms with van der Waals surface area (Å²) in [5, 5.41) is 64.6. The normalized spacial score (nSPS) is 18.4. The lowest BCUT2D eigenvalue weighted by Crippen LogP contribution is -2.54. The molecule has 0 heterocycles. The van der Waals surface area contributed by atoms with Crippen molar-refractivity contribution in [3.63, 3.8) is 0 Å². The van der Waals surface area contributed by atoms with Gasteiger partial charge in [-0.15, -0.1) is 12.6 Å². The van der Waals surface area contributed by atoms with Gasteiger partial charge in [-0.25, -0.2) is 4.79 Å². The second kappa shape index (κ2) is 9.48. The van der Waals surface area contributed by atoms with Crippen LogP contribution in [-0.2, 0) is 4.79 Å². The van der Waals surface area contributed by atoms with E-state index in [1.54, 1.807) is 0 Å². The summed E-state index contributed by atoms with van der Waals surface area (Å²) < 4.78 is -0.250. The number of thiocarbonyl (C=S) groups is 1. The second-order valence-corrected chi connectivity index (χ2v) is 5.38. The standard InChI is InChI=1S/C10H19NO8S2/c12-2-4(9(18)19)11(10(20)21)1-5(14)7(16)8(17)6(15)3-13/h4-8,12-17H,1-3H2,(H,18,19)(H,20,21). The molecule has 0 bridgehead atoms. The molecule has 21 heavy (non-hydrogen) atoms. The van der Waals surface area contributed by atoms with Crippen molar-refractivity contribution in [3.05, 3.63) is 0 Å². The van der Waals surface area contributed by atoms with E-state index < -0.39 is 56.2 Å². The summed E-state index contributed by atoms with van der Waals surface area (Å²) in [7, 11) is 0. The van der Waals surface area contributed by atoms with Crippen molar-refractivity contribution in [2.75, 3.05) is 19.8 Å². The van der Waals surface area contributed by atoms with E-state index in [1.807, 2.05) is 0 Å². The van der Waals surface area contributed by atoms with E-state index >= 15 is 0 Å². The zero-order chi connectivity index (χ0) is 16.7. The summed E-state index contributed by atoms with van der Waals surface area (Å²) >= 11 is 8.47. The lowest BCUT2D eigenvalue weighted by atomic mass is 10.0. The van der Waals surface area contributed by atoms with Crippen molar-refractivity contribution in [2.45, 2.75) is 30.5 Å². The Hall–Kier alpha value is -0.530. The number of hydrogen-bond donors (Lipinski definition) is 8. The maximum Gasteiger partial charge on any atom is 0.328 e. The summed E-state index contributed by atoms with van der Waals surface area (Å²) in [5.41, 5.74) is 0. The fraction of sp³-hybridized carbons (Fsp3) is 0.800. The molecule has 11 heteroatoms. The van der Waals surface area contributed by atoms with Crippen LogP contribution in [0, 0.1) is 0 Å². The van der Waals surface area contributed by atoms with Gasteiger partial charge in [-0.1, -0.05) is 12.2 Å². The quantitative estimate of drug-likeness (QED) is 0.155. The molecule has 0 saturated heterocycles. The first-order chi connectivity index (χ1) is 9.67. The molecule has 0 rings (SSSR count). The van der Waals surface area contributed by atoms with Gasteiger partial charge in [-0.3, -0.25) is 0 Å². The Labute approximate surface area is 131 Å². The Morgan fingerprint density at radius 1 is 1.05 bits per heavy atom. The summed E-state index contributed by atoms with van der Waals surface area (Å²) in [6.45, 7) is -2.22. The zero-order valence-electron chi connectivity index (χ0n) is 10.8. The molecule has 9 nitrogen and oxygen atoms in total. The van der Waals surface area contributed by atoms with Crippen LogP contribution in [0.5, 0.6) is 0 Å². The highest BCUT2D eigenvalue weighted by atomic mass is 32.1. The Morgan fingerprint density at radius 2 is 1.52 bits per heavy atom. The first kappa shape index (κ1) is 20.5. The summed E-state index contributed by atoms with van der Waals surface area (Å²) in [5.74, 6) is -1.42. The van der Waals surface area contributed by atoms with E-state index in [-0.39, 0.29) is 4.32 Å². The Morgan fingerprint density at radius 3 is 1.86 bits per heavy atom. The number of aliphatic hydroxyl groups is 6. The highest BCUT2D eigenvalue weighted by Crippen LogP contribution is 2.11. The van der Waals surface area contributed by atoms with E-state index in [9.17, 15) is 25.2 Å². The van der Waals surface area contributed by atoms with Gasteiger partial charge < -0.3 is 40.6 Å². The molecule has 0 saturated carbocycles. The van der Waals surface area contributed by atoms with Crippen LogP contribution >= 0.6 is 24.8 Å². The molecular formula is C10H19NO8S2. The topological polar surface area (TPSA) is 162 Å². The predicted octanol–water partition coefficient (Wildman–Crippen LogP) is -3.62. The molecule has 0 aliphatic carbocycles. The lowest BCUT2D eigenvalue weighted by Gasteiger charge is -2.33. The number of carboxylic acid groups (broad SMARTS) is 1. The zero-order valence-corrected chi connectivity index (χ0v) is 12.6. The molecule has 0 aromatic carbocycles. The van der Waals surface area contributed by atoms with Crippen LogP contribution in [0.4, 0.5) is 0 Å². The molecule has 5 unspecified atom stereocenters. The number of thiol groups is 1. The fourth-order valence-electron chi connectivity index (χ4n) is 1.52. The number of hydrogen-bond acceptors (Lipinski definition) is 8. The monoisotopic (exact) mass is 345 g/mol. The molecule has 0 aliphatic rings. The molecule has 0 amide bonds. The fourth-order valence-corrected chi connectivity index (χ4v) is 1.94. The molecule has 0 aliphatic heterocycles. The lowest BCUT2D eigenvalue weighted by molar-refractivity contribution is -0.145. The van der Waals surface area contributed by atoms with Gasteiger partial charge in [0.05, 0.1) is 13.2 Å². The maximum absolute atomic E-state index is 11.0. The molecule has 5 atom stereocenters. The van der Waals surface area contributed by atoms with E-state index in [0.29, 0.717) is 0 Å². The van der Waals surface area contributed by atoms with Gasteiger partial charge in [-0.05, 0) is 0 Å². The summed E-state index contributed by atoms with van der Waals surface area (Å²) in [6, 6.07) is -1.49. The largest absolute Gasteiger partial charge is 0.480 e. The van der Waals surface area contributed by atoms with Crippen LogP contribution in [0.1, 0.15) is 0 Å². The van der Waals surface area contributed by atoms with E-state index in [2.05, 4.69) is 12.6 Å². The molecule has 0 aromatic rings. The van der Waals surface area contributed by atoms with Crippen molar-refractivity contribution in [1.29, 1.82) is 0 Å². The average Bonchev–Trinajstić information content (AvgIpc) is 2.43. The maximum atomic E-state index is 11.0. The molecule has 0 fully saturated rings. The molecule has 7 N–H and O–H groups in total. The predicted molar refractivity (Wildman–Crippen MR) is 77.9 cm³/mol. The average molecular weight is 345 g/mol. The number of aliphatic hydroxyl groups excluding tert-OH is 6. The number of rotatable bonds is 9. The van der Waals surface area contributed by atoms with Crippen LogP contribution in [0.2, 0.25) is 0 Å². The first-order valence-electron chi connectivity index (χ1n) is 5.83. The van der Waals surface area contributed by atoms with Crippen molar-refractivity contribution < 1.29 is 40.5 Å². The van der Waals surface area contributed by atoms with Gasteiger partial charge in [0.25, 0.3) is 0 Å². The molecule has 0 radical (unpaired) electrons. The molecular weight excluding hydrogens is 326 g/mol. The third kappa shape index (κ3) is 6.00. The van der Waals surface area contributed by atoms with Gasteiger partial charge in [-0.2, -0.15) is 0 Å². The highest BCUT2D eigenvalue weighted by Gasteiger charge is 2.34.